The molecule has 1 atom stereocenters. The van der Waals surface area contributed by atoms with Gasteiger partial charge < -0.3 is 25.8 Å². The SMILES string of the molecule is Cc1nc(NCC=Cc2cccc(OCc3ccccc3)n2)nc(C)c1C(=O)NC(CNC(=O)c1cccs1)C(=O)O. The summed E-state index contributed by atoms with van der Waals surface area (Å²) in [6, 6.07) is 17.4. The van der Waals surface area contributed by atoms with Crippen molar-refractivity contribution in [2.45, 2.75) is 26.5 Å². The van der Waals surface area contributed by atoms with Gasteiger partial charge in [0.1, 0.15) is 12.6 Å². The first-order valence-corrected chi connectivity index (χ1v) is 13.9. The Morgan fingerprint density at radius 3 is 2.40 bits per heavy atom. The molecule has 1 aromatic carbocycles. The number of carboxylic acid groups (broad SMARTS) is 1. The number of anilines is 1. The van der Waals surface area contributed by atoms with Crippen molar-refractivity contribution >= 4 is 41.1 Å². The van der Waals surface area contributed by atoms with E-state index in [1.807, 2.05) is 54.6 Å². The minimum Gasteiger partial charge on any atom is -0.480 e. The summed E-state index contributed by atoms with van der Waals surface area (Å²) >= 11 is 1.23. The van der Waals surface area contributed by atoms with Crippen molar-refractivity contribution in [3.63, 3.8) is 0 Å². The molecule has 12 heteroatoms. The number of rotatable bonds is 13. The summed E-state index contributed by atoms with van der Waals surface area (Å²) < 4.78 is 5.78. The number of nitrogens with one attached hydrogen (secondary N) is 3. The summed E-state index contributed by atoms with van der Waals surface area (Å²) in [4.78, 5) is 50.5. The van der Waals surface area contributed by atoms with E-state index >= 15 is 0 Å². The van der Waals surface area contributed by atoms with Crippen LogP contribution in [0, 0.1) is 13.8 Å². The van der Waals surface area contributed by atoms with E-state index in [0.29, 0.717) is 41.2 Å². The molecule has 42 heavy (non-hydrogen) atoms. The number of carbonyl (C=O) groups is 3. The predicted molar refractivity (Wildman–Crippen MR) is 160 cm³/mol. The van der Waals surface area contributed by atoms with E-state index < -0.39 is 23.8 Å². The van der Waals surface area contributed by atoms with Gasteiger partial charge in [0.25, 0.3) is 11.8 Å². The molecule has 4 N–H and O–H groups in total. The highest BCUT2D eigenvalue weighted by atomic mass is 32.1. The zero-order valence-corrected chi connectivity index (χ0v) is 23.9. The number of ether oxygens (including phenoxy) is 1. The maximum Gasteiger partial charge on any atom is 0.328 e. The predicted octanol–water partition coefficient (Wildman–Crippen LogP) is 3.87. The standard InChI is InChI=1S/C30H30N6O5S/c1-19-26(28(38)36-23(29(39)40)17-32-27(37)24-13-8-16-42-24)20(2)34-30(33-19)31-15-7-12-22-11-6-14-25(35-22)41-18-21-9-4-3-5-10-21/h3-14,16,23H,15,17-18H2,1-2H3,(H,32,37)(H,36,38)(H,39,40)(H,31,33,34). The molecule has 11 nitrogen and oxygen atoms in total. The summed E-state index contributed by atoms with van der Waals surface area (Å²) in [6.45, 7) is 3.83. The van der Waals surface area contributed by atoms with Crippen LogP contribution in [-0.4, -0.2) is 57.0 Å². The van der Waals surface area contributed by atoms with Crippen LogP contribution in [0.25, 0.3) is 6.08 Å². The molecule has 2 amide bonds. The van der Waals surface area contributed by atoms with E-state index in [9.17, 15) is 19.5 Å². The fraction of sp³-hybridized carbons (Fsp3) is 0.200. The first kappa shape index (κ1) is 29.9. The minimum absolute atomic E-state index is 0.170. The number of aliphatic carboxylic acids is 1. The number of nitrogens with zero attached hydrogens (tertiary/aromatic N) is 3. The molecule has 0 aliphatic carbocycles. The number of hydrogen-bond acceptors (Lipinski definition) is 9. The van der Waals surface area contributed by atoms with Gasteiger partial charge in [0.2, 0.25) is 11.8 Å². The van der Waals surface area contributed by atoms with Gasteiger partial charge in [0.05, 0.1) is 27.5 Å². The smallest absolute Gasteiger partial charge is 0.328 e. The Morgan fingerprint density at radius 1 is 0.952 bits per heavy atom. The molecule has 0 spiro atoms. The topological polar surface area (TPSA) is 155 Å². The first-order chi connectivity index (χ1) is 20.3. The summed E-state index contributed by atoms with van der Waals surface area (Å²) in [5.41, 5.74) is 2.70. The van der Waals surface area contributed by atoms with Gasteiger partial charge in [-0.25, -0.2) is 19.7 Å². The first-order valence-electron chi connectivity index (χ1n) is 13.0. The summed E-state index contributed by atoms with van der Waals surface area (Å²) in [6.07, 6.45) is 3.70. The van der Waals surface area contributed by atoms with Gasteiger partial charge in [-0.15, -0.1) is 11.3 Å². The molecule has 0 saturated carbocycles. The second kappa shape index (κ2) is 14.5. The number of benzene rings is 1. The zero-order chi connectivity index (χ0) is 29.9. The van der Waals surface area contributed by atoms with E-state index in [-0.39, 0.29) is 12.1 Å². The highest BCUT2D eigenvalue weighted by Crippen LogP contribution is 2.14. The normalized spacial score (nSPS) is 11.6. The third-order valence-corrected chi connectivity index (χ3v) is 6.82. The molecule has 1 unspecified atom stereocenters. The van der Waals surface area contributed by atoms with Crippen molar-refractivity contribution in [1.82, 2.24) is 25.6 Å². The van der Waals surface area contributed by atoms with E-state index in [0.717, 1.165) is 11.3 Å². The number of carboxylic acids is 1. The second-order valence-corrected chi connectivity index (χ2v) is 10.1. The van der Waals surface area contributed by atoms with Gasteiger partial charge in [0.15, 0.2) is 0 Å². The molecule has 0 aliphatic heterocycles. The summed E-state index contributed by atoms with van der Waals surface area (Å²) in [7, 11) is 0. The molecular weight excluding hydrogens is 556 g/mol. The molecule has 0 aliphatic rings. The molecule has 4 aromatic rings. The minimum atomic E-state index is -1.33. The molecule has 0 saturated heterocycles. The molecule has 4 rings (SSSR count). The third kappa shape index (κ3) is 8.45. The number of amides is 2. The monoisotopic (exact) mass is 586 g/mol. The van der Waals surface area contributed by atoms with Crippen LogP contribution < -0.4 is 20.7 Å². The number of aryl methyl sites for hydroxylation is 2. The molecule has 0 bridgehead atoms. The Kier molecular flexibility index (Phi) is 10.3. The van der Waals surface area contributed by atoms with Gasteiger partial charge in [-0.3, -0.25) is 9.59 Å². The number of thiophene rings is 1. The lowest BCUT2D eigenvalue weighted by Gasteiger charge is -2.17. The molecule has 0 radical (unpaired) electrons. The van der Waals surface area contributed by atoms with Crippen LogP contribution in [-0.2, 0) is 11.4 Å². The molecule has 3 aromatic heterocycles. The highest BCUT2D eigenvalue weighted by Gasteiger charge is 2.24. The Morgan fingerprint density at radius 2 is 1.71 bits per heavy atom. The second-order valence-electron chi connectivity index (χ2n) is 9.10. The number of pyridine rings is 1. The zero-order valence-electron chi connectivity index (χ0n) is 23.0. The van der Waals surface area contributed by atoms with Crippen LogP contribution in [0.3, 0.4) is 0 Å². The quantitative estimate of drug-likeness (QED) is 0.183. The van der Waals surface area contributed by atoms with Crippen molar-refractivity contribution in [1.29, 1.82) is 0 Å². The van der Waals surface area contributed by atoms with Gasteiger partial charge >= 0.3 is 5.97 Å². The fourth-order valence-corrected chi connectivity index (χ4v) is 4.55. The summed E-state index contributed by atoms with van der Waals surface area (Å²) in [5, 5.41) is 19.4. The average Bonchev–Trinajstić information content (AvgIpc) is 3.52. The highest BCUT2D eigenvalue weighted by molar-refractivity contribution is 7.12. The van der Waals surface area contributed by atoms with Crippen molar-refractivity contribution in [3.8, 4) is 5.88 Å². The molecule has 216 valence electrons. The van der Waals surface area contributed by atoms with E-state index in [4.69, 9.17) is 4.74 Å². The van der Waals surface area contributed by atoms with Crippen LogP contribution in [0.4, 0.5) is 5.95 Å². The largest absolute Gasteiger partial charge is 0.480 e. The van der Waals surface area contributed by atoms with Gasteiger partial charge in [-0.1, -0.05) is 48.5 Å². The van der Waals surface area contributed by atoms with E-state index in [1.54, 1.807) is 37.4 Å². The Bertz CT molecular complexity index is 1540. The number of carbonyl (C=O) groups excluding carboxylic acids is 2. The number of hydrogen-bond donors (Lipinski definition) is 4. The van der Waals surface area contributed by atoms with Gasteiger partial charge in [-0.05, 0) is 43.0 Å². The molecule has 0 fully saturated rings. The lowest BCUT2D eigenvalue weighted by atomic mass is 10.1. The number of aromatic nitrogens is 3. The lowest BCUT2D eigenvalue weighted by molar-refractivity contribution is -0.139. The van der Waals surface area contributed by atoms with E-state index in [1.165, 1.54) is 11.3 Å². The van der Waals surface area contributed by atoms with Crippen molar-refractivity contribution in [2.75, 3.05) is 18.4 Å². The van der Waals surface area contributed by atoms with Crippen molar-refractivity contribution < 1.29 is 24.2 Å². The van der Waals surface area contributed by atoms with Crippen LogP contribution >= 0.6 is 11.3 Å². The van der Waals surface area contributed by atoms with Crippen molar-refractivity contribution in [3.05, 3.63) is 105 Å². The maximum absolute atomic E-state index is 12.9. The fourth-order valence-electron chi connectivity index (χ4n) is 3.91. The Hall–Kier alpha value is -5.10. The Labute approximate surface area is 246 Å². The van der Waals surface area contributed by atoms with Crippen LogP contribution in [0.5, 0.6) is 5.88 Å². The molecule has 3 heterocycles. The summed E-state index contributed by atoms with van der Waals surface area (Å²) in [5.74, 6) is -1.50. The average molecular weight is 587 g/mol. The molecular formula is C30H30N6O5S. The lowest BCUT2D eigenvalue weighted by Crippen LogP contribution is -2.48. The maximum atomic E-state index is 12.9. The van der Waals surface area contributed by atoms with E-state index in [2.05, 4.69) is 30.9 Å². The van der Waals surface area contributed by atoms with Crippen LogP contribution in [0.15, 0.2) is 72.1 Å². The third-order valence-electron chi connectivity index (χ3n) is 5.95. The van der Waals surface area contributed by atoms with Gasteiger partial charge in [0, 0.05) is 19.2 Å². The van der Waals surface area contributed by atoms with Crippen LogP contribution in [0.2, 0.25) is 0 Å². The van der Waals surface area contributed by atoms with Crippen molar-refractivity contribution in [2.24, 2.45) is 0 Å². The van der Waals surface area contributed by atoms with Gasteiger partial charge in [-0.2, -0.15) is 0 Å². The van der Waals surface area contributed by atoms with Crippen LogP contribution in [0.1, 0.15) is 42.7 Å². The Balaban J connectivity index is 1.31.